The van der Waals surface area contributed by atoms with E-state index in [4.69, 9.17) is 9.47 Å². The maximum Gasteiger partial charge on any atom is 0.425 e. The Kier molecular flexibility index (Phi) is 6.49. The van der Waals surface area contributed by atoms with Crippen LogP contribution < -0.4 is 9.46 Å². The van der Waals surface area contributed by atoms with E-state index in [1.807, 2.05) is 48.5 Å². The predicted molar refractivity (Wildman–Crippen MR) is 107 cm³/mol. The fraction of sp³-hybridized carbons (Fsp3) is 0.750. The van der Waals surface area contributed by atoms with E-state index in [0.29, 0.717) is 17.0 Å². The van der Waals surface area contributed by atoms with Crippen LogP contribution in [0.1, 0.15) is 65.4 Å². The largest absolute Gasteiger partial charge is 0.489 e. The van der Waals surface area contributed by atoms with Gasteiger partial charge in [0.05, 0.1) is 39.3 Å². The van der Waals surface area contributed by atoms with Gasteiger partial charge in [-0.15, -0.1) is 0 Å². The highest BCUT2D eigenvalue weighted by Gasteiger charge is 2.68. The number of aromatic nitrogens is 1. The van der Waals surface area contributed by atoms with E-state index in [-0.39, 0.29) is 18.2 Å². The summed E-state index contributed by atoms with van der Waals surface area (Å²) in [5.41, 5.74) is -2.49. The van der Waals surface area contributed by atoms with Crippen molar-refractivity contribution < 1.29 is 26.9 Å². The van der Waals surface area contributed by atoms with Crippen molar-refractivity contribution in [3.05, 3.63) is 23.0 Å². The molecule has 5 nitrogen and oxygen atoms in total. The summed E-state index contributed by atoms with van der Waals surface area (Å²) in [6.45, 7) is 14.7. The average molecular weight is 437 g/mol. The SMILES string of the molecule is CC.Cc1nc(C2(C(F)(F)F)CO2)cc2c1OCC2(NS(=O)C(C)(C)C)C(C)C. The maximum absolute atomic E-state index is 13.5. The lowest BCUT2D eigenvalue weighted by atomic mass is 9.81. The Hall–Kier alpha value is -1.19. The number of alkyl halides is 3. The van der Waals surface area contributed by atoms with Crippen LogP contribution in [0.4, 0.5) is 13.2 Å². The van der Waals surface area contributed by atoms with Gasteiger partial charge in [-0.2, -0.15) is 13.2 Å². The van der Waals surface area contributed by atoms with E-state index in [1.165, 1.54) is 6.07 Å². The van der Waals surface area contributed by atoms with Gasteiger partial charge in [0.1, 0.15) is 12.4 Å². The minimum Gasteiger partial charge on any atom is -0.489 e. The summed E-state index contributed by atoms with van der Waals surface area (Å²) in [5.74, 6) is 0.366. The molecule has 3 heterocycles. The second-order valence-corrected chi connectivity index (χ2v) is 10.4. The van der Waals surface area contributed by atoms with Gasteiger partial charge in [-0.1, -0.05) is 27.7 Å². The van der Waals surface area contributed by atoms with Gasteiger partial charge >= 0.3 is 6.18 Å². The van der Waals surface area contributed by atoms with Crippen LogP contribution in [0.15, 0.2) is 6.07 Å². The van der Waals surface area contributed by atoms with Crippen molar-refractivity contribution in [1.82, 2.24) is 9.71 Å². The summed E-state index contributed by atoms with van der Waals surface area (Å²) < 4.78 is 66.6. The van der Waals surface area contributed by atoms with E-state index in [2.05, 4.69) is 9.71 Å². The van der Waals surface area contributed by atoms with Gasteiger partial charge in [-0.05, 0) is 39.7 Å². The van der Waals surface area contributed by atoms with Crippen molar-refractivity contribution in [1.29, 1.82) is 0 Å². The van der Waals surface area contributed by atoms with Gasteiger partial charge in [-0.25, -0.2) is 8.93 Å². The molecule has 0 bridgehead atoms. The minimum absolute atomic E-state index is 0.0818. The lowest BCUT2D eigenvalue weighted by Gasteiger charge is -2.35. The lowest BCUT2D eigenvalue weighted by Crippen LogP contribution is -2.52. The monoisotopic (exact) mass is 436 g/mol. The molecule has 9 heteroatoms. The van der Waals surface area contributed by atoms with Crippen molar-refractivity contribution >= 4 is 11.0 Å². The summed E-state index contributed by atoms with van der Waals surface area (Å²) in [6, 6.07) is 1.41. The van der Waals surface area contributed by atoms with E-state index >= 15 is 0 Å². The quantitative estimate of drug-likeness (QED) is 0.706. The molecule has 3 atom stereocenters. The van der Waals surface area contributed by atoms with Gasteiger partial charge in [0.15, 0.2) is 0 Å². The third-order valence-electron chi connectivity index (χ3n) is 5.19. The number of rotatable bonds is 4. The molecule has 1 aromatic heterocycles. The van der Waals surface area contributed by atoms with Crippen molar-refractivity contribution in [2.45, 2.75) is 77.5 Å². The molecule has 0 radical (unpaired) electrons. The smallest absolute Gasteiger partial charge is 0.425 e. The Morgan fingerprint density at radius 3 is 2.17 bits per heavy atom. The normalized spacial score (nSPS) is 27.0. The first kappa shape index (κ1) is 24.1. The zero-order chi connectivity index (χ0) is 22.4. The highest BCUT2D eigenvalue weighted by molar-refractivity contribution is 7.84. The standard InChI is InChI=1S/C18H25F3N2O3S.C2H6/c1-10(2)16(23-27(24)15(4,5)6)8-25-14-11(3)22-13(7-12(14)16)17(9-26-17)18(19,20)21;1-2/h7,10,23H,8-9H2,1-6H3;1-2H3. The fourth-order valence-electron chi connectivity index (χ4n) is 3.17. The average Bonchev–Trinajstić information content (AvgIpc) is 3.34. The maximum atomic E-state index is 13.5. The van der Waals surface area contributed by atoms with Crippen LogP contribution in [0, 0.1) is 12.8 Å². The summed E-state index contributed by atoms with van der Waals surface area (Å²) in [4.78, 5) is 4.12. The topological polar surface area (TPSA) is 63.8 Å². The Morgan fingerprint density at radius 2 is 1.76 bits per heavy atom. The Bertz CT molecular complexity index is 786. The number of pyridine rings is 1. The summed E-state index contributed by atoms with van der Waals surface area (Å²) in [5, 5.41) is 0. The molecule has 3 unspecified atom stereocenters. The number of nitrogens with one attached hydrogen (secondary N) is 1. The fourth-order valence-corrected chi connectivity index (χ4v) is 4.21. The molecule has 3 rings (SSSR count). The first-order valence-electron chi connectivity index (χ1n) is 9.80. The zero-order valence-corrected chi connectivity index (χ0v) is 19.1. The van der Waals surface area contributed by atoms with Crippen LogP contribution >= 0.6 is 0 Å². The third kappa shape index (κ3) is 4.05. The lowest BCUT2D eigenvalue weighted by molar-refractivity contribution is -0.188. The molecule has 1 saturated heterocycles. The molecular formula is C20H31F3N2O3S. The number of epoxide rings is 1. The first-order valence-corrected chi connectivity index (χ1v) is 11.0. The van der Waals surface area contributed by atoms with Gasteiger partial charge in [0.2, 0.25) is 5.60 Å². The van der Waals surface area contributed by atoms with E-state index < -0.39 is 39.7 Å². The van der Waals surface area contributed by atoms with Crippen molar-refractivity contribution in [3.63, 3.8) is 0 Å². The van der Waals surface area contributed by atoms with Crippen LogP contribution in [-0.2, 0) is 26.9 Å². The third-order valence-corrected chi connectivity index (χ3v) is 6.85. The van der Waals surface area contributed by atoms with E-state index in [0.717, 1.165) is 0 Å². The summed E-state index contributed by atoms with van der Waals surface area (Å²) >= 11 is 0. The highest BCUT2D eigenvalue weighted by Crippen LogP contribution is 2.53. The highest BCUT2D eigenvalue weighted by atomic mass is 32.2. The first-order chi connectivity index (χ1) is 13.2. The second-order valence-electron chi connectivity index (χ2n) is 8.48. The molecule has 0 saturated carbocycles. The van der Waals surface area contributed by atoms with Crippen molar-refractivity contribution in [2.24, 2.45) is 5.92 Å². The number of aryl methyl sites for hydroxylation is 1. The number of nitrogens with zero attached hydrogens (tertiary/aromatic N) is 1. The molecule has 166 valence electrons. The van der Waals surface area contributed by atoms with Gasteiger partial charge in [-0.3, -0.25) is 4.98 Å². The molecule has 2 aliphatic rings. The molecule has 2 aliphatic heterocycles. The van der Waals surface area contributed by atoms with Crippen LogP contribution in [0.2, 0.25) is 0 Å². The van der Waals surface area contributed by atoms with E-state index in [9.17, 15) is 17.4 Å². The van der Waals surface area contributed by atoms with Gasteiger partial charge in [0, 0.05) is 5.56 Å². The molecular weight excluding hydrogens is 405 g/mol. The molecule has 1 fully saturated rings. The summed E-state index contributed by atoms with van der Waals surface area (Å²) in [6.07, 6.45) is -4.55. The van der Waals surface area contributed by atoms with Gasteiger partial charge in [0.25, 0.3) is 0 Å². The predicted octanol–water partition coefficient (Wildman–Crippen LogP) is 4.50. The molecule has 29 heavy (non-hydrogen) atoms. The number of halogens is 3. The molecule has 0 spiro atoms. The Labute approximate surface area is 173 Å². The van der Waals surface area contributed by atoms with E-state index in [1.54, 1.807) is 6.92 Å². The van der Waals surface area contributed by atoms with Crippen molar-refractivity contribution in [2.75, 3.05) is 13.2 Å². The van der Waals surface area contributed by atoms with Crippen LogP contribution in [0.25, 0.3) is 0 Å². The zero-order valence-electron chi connectivity index (χ0n) is 18.3. The molecule has 1 aromatic rings. The Balaban J connectivity index is 0.00000145. The van der Waals surface area contributed by atoms with Crippen LogP contribution in [0.5, 0.6) is 5.75 Å². The minimum atomic E-state index is -4.55. The number of hydrogen-bond acceptors (Lipinski definition) is 4. The Morgan fingerprint density at radius 1 is 1.21 bits per heavy atom. The number of hydrogen-bond donors (Lipinski definition) is 1. The van der Waals surface area contributed by atoms with Crippen LogP contribution in [-0.4, -0.2) is 33.3 Å². The molecule has 0 amide bonds. The van der Waals surface area contributed by atoms with Crippen LogP contribution in [0.3, 0.4) is 0 Å². The van der Waals surface area contributed by atoms with Crippen molar-refractivity contribution in [3.8, 4) is 5.75 Å². The number of ether oxygens (including phenoxy) is 2. The number of fused-ring (bicyclic) bond motifs is 1. The molecule has 0 aromatic carbocycles. The van der Waals surface area contributed by atoms with Gasteiger partial charge < -0.3 is 9.47 Å². The molecule has 0 aliphatic carbocycles. The molecule has 1 N–H and O–H groups in total. The summed E-state index contributed by atoms with van der Waals surface area (Å²) in [7, 11) is -1.43. The second kappa shape index (κ2) is 7.81.